The van der Waals surface area contributed by atoms with Gasteiger partial charge < -0.3 is 19.5 Å². The van der Waals surface area contributed by atoms with Crippen LogP contribution >= 0.6 is 0 Å². The summed E-state index contributed by atoms with van der Waals surface area (Å²) in [5.41, 5.74) is -0.318. The lowest BCUT2D eigenvalue weighted by atomic mass is 10.1. The maximum atomic E-state index is 13.6. The fourth-order valence-corrected chi connectivity index (χ4v) is 1.94. The molecule has 1 aliphatic rings. The van der Waals surface area contributed by atoms with E-state index in [-0.39, 0.29) is 17.5 Å². The van der Waals surface area contributed by atoms with Gasteiger partial charge in [0.1, 0.15) is 17.5 Å². The molecule has 0 aliphatic carbocycles. The van der Waals surface area contributed by atoms with E-state index in [0.29, 0.717) is 18.0 Å². The Bertz CT molecular complexity index is 482. The van der Waals surface area contributed by atoms with Crippen molar-refractivity contribution in [2.45, 2.75) is 45.3 Å². The first-order valence-corrected chi connectivity index (χ1v) is 7.68. The lowest BCUT2D eigenvalue weighted by Gasteiger charge is -2.24. The Morgan fingerprint density at radius 1 is 1.26 bits per heavy atom. The van der Waals surface area contributed by atoms with Crippen LogP contribution in [0.2, 0.25) is 0 Å². The lowest BCUT2D eigenvalue weighted by molar-refractivity contribution is -0.138. The fourth-order valence-electron chi connectivity index (χ4n) is 1.94. The fraction of sp³-hybridized carbons (Fsp3) is 0.588. The van der Waals surface area contributed by atoms with Crippen LogP contribution in [0.25, 0.3) is 0 Å². The number of halogens is 1. The second kappa shape index (κ2) is 9.35. The molecule has 0 spiro atoms. The Balaban J connectivity index is 0.000000322. The molecule has 1 saturated heterocycles. The molecule has 0 radical (unpaired) electrons. The monoisotopic (exact) mass is 327 g/mol. The number of methoxy groups -OCH3 is 1. The molecule has 0 saturated carbocycles. The van der Waals surface area contributed by atoms with Crippen molar-refractivity contribution in [2.75, 3.05) is 20.2 Å². The molecule has 6 heteroatoms. The summed E-state index contributed by atoms with van der Waals surface area (Å²) in [6.07, 6.45) is 1.96. The van der Waals surface area contributed by atoms with Gasteiger partial charge in [-0.3, -0.25) is 4.79 Å². The molecule has 1 heterocycles. The van der Waals surface area contributed by atoms with Gasteiger partial charge in [0, 0.05) is 6.07 Å². The van der Waals surface area contributed by atoms with Crippen LogP contribution in [0.4, 0.5) is 4.39 Å². The Labute approximate surface area is 137 Å². The van der Waals surface area contributed by atoms with Crippen molar-refractivity contribution in [1.82, 2.24) is 5.32 Å². The molecule has 5 nitrogen and oxygen atoms in total. The number of hydrogen-bond donors (Lipinski definition) is 1. The average molecular weight is 327 g/mol. The topological polar surface area (TPSA) is 56.8 Å². The van der Waals surface area contributed by atoms with Crippen LogP contribution in [0.1, 0.15) is 33.6 Å². The molecular weight excluding hydrogens is 301 g/mol. The second-order valence-corrected chi connectivity index (χ2v) is 6.19. The number of carbonyl (C=O) groups excluding carboxylic acids is 1. The van der Waals surface area contributed by atoms with Crippen molar-refractivity contribution >= 4 is 6.47 Å². The third kappa shape index (κ3) is 7.83. The van der Waals surface area contributed by atoms with Crippen molar-refractivity contribution in [1.29, 1.82) is 0 Å². The molecule has 0 amide bonds. The average Bonchev–Trinajstić information content (AvgIpc) is 2.50. The smallest absolute Gasteiger partial charge is 0.293 e. The summed E-state index contributed by atoms with van der Waals surface area (Å²) in [5, 5.41) is 3.24. The summed E-state index contributed by atoms with van der Waals surface area (Å²) in [5.74, 6) is 0.459. The minimum absolute atomic E-state index is 0.115. The summed E-state index contributed by atoms with van der Waals surface area (Å²) >= 11 is 0. The highest BCUT2D eigenvalue weighted by atomic mass is 19.1. The maximum Gasteiger partial charge on any atom is 0.293 e. The van der Waals surface area contributed by atoms with Gasteiger partial charge in [-0.2, -0.15) is 0 Å². The van der Waals surface area contributed by atoms with Gasteiger partial charge in [-0.1, -0.05) is 0 Å². The molecule has 2 rings (SSSR count). The zero-order valence-corrected chi connectivity index (χ0v) is 14.2. The number of piperidine rings is 1. The molecule has 1 aromatic rings. The Kier molecular flexibility index (Phi) is 7.81. The Morgan fingerprint density at radius 2 is 1.91 bits per heavy atom. The first-order valence-electron chi connectivity index (χ1n) is 7.68. The summed E-state index contributed by atoms with van der Waals surface area (Å²) < 4.78 is 28.7. The highest BCUT2D eigenvalue weighted by molar-refractivity contribution is 5.37. The summed E-state index contributed by atoms with van der Waals surface area (Å²) in [6.45, 7) is 7.79. The maximum absolute atomic E-state index is 13.6. The Hall–Kier alpha value is -1.82. The van der Waals surface area contributed by atoms with E-state index in [1.165, 1.54) is 13.2 Å². The number of ether oxygens (including phenoxy) is 3. The number of carbonyl (C=O) groups is 1. The van der Waals surface area contributed by atoms with E-state index >= 15 is 0 Å². The standard InChI is InChI=1S/C12H16FNO2.C5H10O2/c1-15-10-2-3-12(11(13)8-10)16-9-4-6-14-7-5-9;1-5(2,3)7-4-6/h2-3,8-9,14H,4-7H2,1H3;4H,1-3H3. The van der Waals surface area contributed by atoms with Gasteiger partial charge in [-0.05, 0) is 58.8 Å². The van der Waals surface area contributed by atoms with E-state index in [4.69, 9.17) is 9.47 Å². The van der Waals surface area contributed by atoms with Crippen molar-refractivity contribution in [3.63, 3.8) is 0 Å². The molecule has 1 aliphatic heterocycles. The number of benzene rings is 1. The van der Waals surface area contributed by atoms with Gasteiger partial charge in [0.2, 0.25) is 0 Å². The zero-order valence-electron chi connectivity index (χ0n) is 14.2. The number of nitrogens with one attached hydrogen (secondary N) is 1. The van der Waals surface area contributed by atoms with Crippen LogP contribution in [0.3, 0.4) is 0 Å². The van der Waals surface area contributed by atoms with Crippen LogP contribution in [0.5, 0.6) is 11.5 Å². The predicted octanol–water partition coefficient (Wildman–Crippen LogP) is 2.92. The predicted molar refractivity (Wildman–Crippen MR) is 86.4 cm³/mol. The third-order valence-electron chi connectivity index (χ3n) is 3.12. The molecule has 0 bridgehead atoms. The molecule has 0 unspecified atom stereocenters. The first kappa shape index (κ1) is 19.2. The van der Waals surface area contributed by atoms with E-state index in [1.807, 2.05) is 20.8 Å². The minimum Gasteiger partial charge on any atom is -0.497 e. The van der Waals surface area contributed by atoms with Gasteiger partial charge >= 0.3 is 0 Å². The normalized spacial score (nSPS) is 15.2. The van der Waals surface area contributed by atoms with Gasteiger partial charge in [0.25, 0.3) is 6.47 Å². The number of hydrogen-bond acceptors (Lipinski definition) is 5. The SMILES string of the molecule is CC(C)(C)OC=O.COc1ccc(OC2CCNCC2)c(F)c1. The molecule has 0 atom stereocenters. The lowest BCUT2D eigenvalue weighted by Crippen LogP contribution is -2.34. The molecule has 1 N–H and O–H groups in total. The van der Waals surface area contributed by atoms with Crippen LogP contribution in [0, 0.1) is 5.82 Å². The molecule has 130 valence electrons. The van der Waals surface area contributed by atoms with E-state index in [2.05, 4.69) is 10.1 Å². The van der Waals surface area contributed by atoms with E-state index in [9.17, 15) is 9.18 Å². The third-order valence-corrected chi connectivity index (χ3v) is 3.12. The van der Waals surface area contributed by atoms with E-state index in [0.717, 1.165) is 25.9 Å². The van der Waals surface area contributed by atoms with Gasteiger partial charge in [-0.15, -0.1) is 0 Å². The molecular formula is C17H26FNO4. The van der Waals surface area contributed by atoms with Crippen LogP contribution in [-0.2, 0) is 9.53 Å². The van der Waals surface area contributed by atoms with Crippen molar-refractivity contribution in [2.24, 2.45) is 0 Å². The Morgan fingerprint density at radius 3 is 2.35 bits per heavy atom. The highest BCUT2D eigenvalue weighted by Crippen LogP contribution is 2.24. The summed E-state index contributed by atoms with van der Waals surface area (Å²) in [6, 6.07) is 4.67. The summed E-state index contributed by atoms with van der Waals surface area (Å²) in [4.78, 5) is 9.60. The molecule has 1 fully saturated rings. The largest absolute Gasteiger partial charge is 0.497 e. The molecule has 1 aromatic carbocycles. The second-order valence-electron chi connectivity index (χ2n) is 6.19. The molecule has 23 heavy (non-hydrogen) atoms. The number of rotatable bonds is 4. The van der Waals surface area contributed by atoms with Crippen LogP contribution < -0.4 is 14.8 Å². The van der Waals surface area contributed by atoms with E-state index in [1.54, 1.807) is 12.1 Å². The summed E-state index contributed by atoms with van der Waals surface area (Å²) in [7, 11) is 1.52. The highest BCUT2D eigenvalue weighted by Gasteiger charge is 2.16. The van der Waals surface area contributed by atoms with Crippen molar-refractivity contribution in [3.05, 3.63) is 24.0 Å². The van der Waals surface area contributed by atoms with Gasteiger partial charge in [-0.25, -0.2) is 4.39 Å². The van der Waals surface area contributed by atoms with Crippen molar-refractivity contribution in [3.8, 4) is 11.5 Å². The van der Waals surface area contributed by atoms with Gasteiger partial charge in [0.15, 0.2) is 11.6 Å². The van der Waals surface area contributed by atoms with E-state index < -0.39 is 0 Å². The van der Waals surface area contributed by atoms with Crippen LogP contribution in [-0.4, -0.2) is 38.4 Å². The van der Waals surface area contributed by atoms with Gasteiger partial charge in [0.05, 0.1) is 7.11 Å². The first-order chi connectivity index (χ1) is 10.9. The van der Waals surface area contributed by atoms with Crippen molar-refractivity contribution < 1.29 is 23.4 Å². The zero-order chi connectivity index (χ0) is 17.3. The quantitative estimate of drug-likeness (QED) is 0.862. The molecule has 0 aromatic heterocycles. The minimum atomic E-state index is -0.363. The van der Waals surface area contributed by atoms with Crippen LogP contribution in [0.15, 0.2) is 18.2 Å².